The molecule has 0 radical (unpaired) electrons. The van der Waals surface area contributed by atoms with E-state index in [9.17, 15) is 14.0 Å². The largest absolute Gasteiger partial charge is 0.355 e. The van der Waals surface area contributed by atoms with E-state index in [0.29, 0.717) is 6.54 Å². The third kappa shape index (κ3) is 7.37. The lowest BCUT2D eigenvalue weighted by Crippen LogP contribution is -2.35. The molecule has 2 aromatic carbocycles. The van der Waals surface area contributed by atoms with Gasteiger partial charge in [0.25, 0.3) is 5.91 Å². The van der Waals surface area contributed by atoms with Crippen molar-refractivity contribution in [1.82, 2.24) is 15.5 Å². The van der Waals surface area contributed by atoms with Crippen molar-refractivity contribution in [2.24, 2.45) is 0 Å². The van der Waals surface area contributed by atoms with Gasteiger partial charge in [-0.25, -0.2) is 4.39 Å². The van der Waals surface area contributed by atoms with Gasteiger partial charge in [0.05, 0.1) is 10.6 Å². The van der Waals surface area contributed by atoms with Crippen LogP contribution in [0.15, 0.2) is 48.5 Å². The van der Waals surface area contributed by atoms with Crippen molar-refractivity contribution >= 4 is 23.4 Å². The number of hydrogen-bond acceptors (Lipinski definition) is 3. The Hall–Kier alpha value is -2.44. The number of carbonyl (C=O) groups excluding carboxylic acids is 2. The van der Waals surface area contributed by atoms with Gasteiger partial charge in [-0.3, -0.25) is 9.59 Å². The molecule has 144 valence electrons. The van der Waals surface area contributed by atoms with Crippen molar-refractivity contribution in [3.8, 4) is 0 Å². The number of hydrogen-bond donors (Lipinski definition) is 2. The van der Waals surface area contributed by atoms with E-state index in [2.05, 4.69) is 27.7 Å². The molecule has 2 aromatic rings. The highest BCUT2D eigenvalue weighted by Crippen LogP contribution is 2.16. The van der Waals surface area contributed by atoms with Crippen LogP contribution in [0.4, 0.5) is 4.39 Å². The summed E-state index contributed by atoms with van der Waals surface area (Å²) in [6.07, 6.45) is 0.160. The van der Waals surface area contributed by atoms with Gasteiger partial charge >= 0.3 is 0 Å². The molecule has 0 unspecified atom stereocenters. The topological polar surface area (TPSA) is 61.4 Å². The lowest BCUT2D eigenvalue weighted by atomic mass is 10.2. The van der Waals surface area contributed by atoms with Crippen molar-refractivity contribution in [2.45, 2.75) is 13.0 Å². The molecule has 0 saturated heterocycles. The summed E-state index contributed by atoms with van der Waals surface area (Å²) in [5.74, 6) is -1.09. The van der Waals surface area contributed by atoms with Gasteiger partial charge in [0.1, 0.15) is 5.82 Å². The Bertz CT molecular complexity index is 771. The first kappa shape index (κ1) is 20.9. The number of carbonyl (C=O) groups is 2. The molecule has 2 N–H and O–H groups in total. The Kier molecular flexibility index (Phi) is 8.23. The van der Waals surface area contributed by atoms with Crippen LogP contribution in [-0.2, 0) is 11.3 Å². The zero-order valence-corrected chi connectivity index (χ0v) is 15.9. The van der Waals surface area contributed by atoms with Crippen LogP contribution in [0.3, 0.4) is 0 Å². The fraction of sp³-hybridized carbons (Fsp3) is 0.300. The number of amides is 2. The standard InChI is InChI=1S/C20H23ClFN3O2/c1-25(14-15-5-3-2-4-6-15)12-11-23-19(26)9-10-24-20(27)17-8-7-16(22)13-18(17)21/h2-8,13H,9-12,14H2,1H3,(H,23,26)(H,24,27). The highest BCUT2D eigenvalue weighted by atomic mass is 35.5. The number of nitrogens with zero attached hydrogens (tertiary/aromatic N) is 1. The first-order chi connectivity index (χ1) is 13.0. The van der Waals surface area contributed by atoms with E-state index in [1.807, 2.05) is 25.2 Å². The Balaban J connectivity index is 1.62. The lowest BCUT2D eigenvalue weighted by molar-refractivity contribution is -0.120. The maximum Gasteiger partial charge on any atom is 0.252 e. The molecule has 2 amide bonds. The normalized spacial score (nSPS) is 10.7. The second-order valence-electron chi connectivity index (χ2n) is 6.20. The zero-order valence-electron chi connectivity index (χ0n) is 15.2. The molecule has 7 heteroatoms. The monoisotopic (exact) mass is 391 g/mol. The molecular weight excluding hydrogens is 369 g/mol. The quantitative estimate of drug-likeness (QED) is 0.691. The minimum absolute atomic E-state index is 0.0402. The highest BCUT2D eigenvalue weighted by molar-refractivity contribution is 6.33. The van der Waals surface area contributed by atoms with Crippen LogP contribution >= 0.6 is 11.6 Å². The SMILES string of the molecule is CN(CCNC(=O)CCNC(=O)c1ccc(F)cc1Cl)Cc1ccccc1. The molecule has 0 aliphatic carbocycles. The van der Waals surface area contributed by atoms with Gasteiger partial charge in [0, 0.05) is 32.6 Å². The molecular formula is C20H23ClFN3O2. The average molecular weight is 392 g/mol. The van der Waals surface area contributed by atoms with Crippen LogP contribution in [-0.4, -0.2) is 43.4 Å². The lowest BCUT2D eigenvalue weighted by Gasteiger charge is -2.17. The molecule has 0 aliphatic heterocycles. The summed E-state index contributed by atoms with van der Waals surface area (Å²) in [6, 6.07) is 13.7. The Morgan fingerprint density at radius 1 is 1.07 bits per heavy atom. The van der Waals surface area contributed by atoms with Gasteiger partial charge < -0.3 is 15.5 Å². The summed E-state index contributed by atoms with van der Waals surface area (Å²) in [6.45, 7) is 2.24. The maximum atomic E-state index is 13.0. The summed E-state index contributed by atoms with van der Waals surface area (Å²) in [7, 11) is 1.99. The second-order valence-corrected chi connectivity index (χ2v) is 6.61. The Morgan fingerprint density at radius 2 is 1.81 bits per heavy atom. The first-order valence-electron chi connectivity index (χ1n) is 8.68. The minimum Gasteiger partial charge on any atom is -0.355 e. The van der Waals surface area contributed by atoms with Crippen molar-refractivity contribution in [2.75, 3.05) is 26.7 Å². The van der Waals surface area contributed by atoms with E-state index in [0.717, 1.165) is 19.2 Å². The van der Waals surface area contributed by atoms with E-state index < -0.39 is 11.7 Å². The summed E-state index contributed by atoms with van der Waals surface area (Å²) < 4.78 is 13.0. The third-order valence-electron chi connectivity index (χ3n) is 3.92. The second kappa shape index (κ2) is 10.6. The van der Waals surface area contributed by atoms with Crippen LogP contribution in [0, 0.1) is 5.82 Å². The molecule has 0 bridgehead atoms. The van der Waals surface area contributed by atoms with Crippen molar-refractivity contribution in [3.63, 3.8) is 0 Å². The van der Waals surface area contributed by atoms with Gasteiger partial charge in [-0.1, -0.05) is 41.9 Å². The number of benzene rings is 2. The molecule has 0 aliphatic rings. The van der Waals surface area contributed by atoms with Crippen LogP contribution in [0.25, 0.3) is 0 Å². The predicted molar refractivity (Wildman–Crippen MR) is 104 cm³/mol. The van der Waals surface area contributed by atoms with Crippen LogP contribution < -0.4 is 10.6 Å². The summed E-state index contributed by atoms with van der Waals surface area (Å²) >= 11 is 5.84. The fourth-order valence-electron chi connectivity index (χ4n) is 2.51. The van der Waals surface area contributed by atoms with Crippen LogP contribution in [0.1, 0.15) is 22.3 Å². The smallest absolute Gasteiger partial charge is 0.252 e. The zero-order chi connectivity index (χ0) is 19.6. The summed E-state index contributed by atoms with van der Waals surface area (Å²) in [5.41, 5.74) is 1.40. The van der Waals surface area contributed by atoms with Gasteiger partial charge in [-0.15, -0.1) is 0 Å². The van der Waals surface area contributed by atoms with E-state index in [1.54, 1.807) is 0 Å². The summed E-state index contributed by atoms with van der Waals surface area (Å²) in [5, 5.41) is 5.47. The van der Waals surface area contributed by atoms with Gasteiger partial charge in [0.15, 0.2) is 0 Å². The van der Waals surface area contributed by atoms with E-state index in [-0.39, 0.29) is 29.5 Å². The molecule has 0 heterocycles. The molecule has 5 nitrogen and oxygen atoms in total. The van der Waals surface area contributed by atoms with Crippen molar-refractivity contribution < 1.29 is 14.0 Å². The van der Waals surface area contributed by atoms with Crippen LogP contribution in [0.5, 0.6) is 0 Å². The van der Waals surface area contributed by atoms with Gasteiger partial charge in [-0.2, -0.15) is 0 Å². The molecule has 0 aromatic heterocycles. The Morgan fingerprint density at radius 3 is 2.52 bits per heavy atom. The minimum atomic E-state index is -0.506. The van der Waals surface area contributed by atoms with Gasteiger partial charge in [0.2, 0.25) is 5.91 Å². The van der Waals surface area contributed by atoms with Crippen molar-refractivity contribution in [3.05, 3.63) is 70.5 Å². The van der Waals surface area contributed by atoms with E-state index in [1.165, 1.54) is 17.7 Å². The van der Waals surface area contributed by atoms with Crippen LogP contribution in [0.2, 0.25) is 5.02 Å². The molecule has 0 atom stereocenters. The third-order valence-corrected chi connectivity index (χ3v) is 4.24. The predicted octanol–water partition coefficient (Wildman–Crippen LogP) is 2.85. The summed E-state index contributed by atoms with van der Waals surface area (Å²) in [4.78, 5) is 26.0. The number of nitrogens with one attached hydrogen (secondary N) is 2. The van der Waals surface area contributed by atoms with Gasteiger partial charge in [-0.05, 0) is 30.8 Å². The number of rotatable bonds is 9. The van der Waals surface area contributed by atoms with E-state index in [4.69, 9.17) is 11.6 Å². The molecule has 27 heavy (non-hydrogen) atoms. The highest BCUT2D eigenvalue weighted by Gasteiger charge is 2.11. The molecule has 0 fully saturated rings. The number of halogens is 2. The number of likely N-dealkylation sites (N-methyl/N-ethyl adjacent to an activating group) is 1. The first-order valence-corrected chi connectivity index (χ1v) is 9.06. The van der Waals surface area contributed by atoms with Crippen molar-refractivity contribution in [1.29, 1.82) is 0 Å². The molecule has 0 spiro atoms. The van der Waals surface area contributed by atoms with E-state index >= 15 is 0 Å². The Labute approximate surface area is 163 Å². The molecule has 0 saturated carbocycles. The fourth-order valence-corrected chi connectivity index (χ4v) is 2.76. The average Bonchev–Trinajstić information content (AvgIpc) is 2.62. The maximum absolute atomic E-state index is 13.0. The molecule has 2 rings (SSSR count).